The highest BCUT2D eigenvalue weighted by atomic mass is 35.5. The Balaban J connectivity index is 2.52. The molecule has 0 unspecified atom stereocenters. The lowest BCUT2D eigenvalue weighted by molar-refractivity contribution is -0.114. The van der Waals surface area contributed by atoms with E-state index in [1.807, 2.05) is 0 Å². The van der Waals surface area contributed by atoms with Gasteiger partial charge >= 0.3 is 0 Å². The van der Waals surface area contributed by atoms with E-state index in [0.29, 0.717) is 0 Å². The summed E-state index contributed by atoms with van der Waals surface area (Å²) in [7, 11) is -9.66. The molecule has 0 atom stereocenters. The second kappa shape index (κ2) is 10.3. The zero-order valence-electron chi connectivity index (χ0n) is 15.7. The number of amides is 2. The van der Waals surface area contributed by atoms with Crippen molar-refractivity contribution in [2.75, 3.05) is 22.4 Å². The minimum Gasteiger partial charge on any atom is -0.325 e. The average molecular weight is 525 g/mol. The van der Waals surface area contributed by atoms with Gasteiger partial charge < -0.3 is 10.6 Å². The Morgan fingerprint density at radius 3 is 1.38 bits per heavy atom. The van der Waals surface area contributed by atoms with Crippen LogP contribution in [0.3, 0.4) is 0 Å². The van der Waals surface area contributed by atoms with Crippen LogP contribution in [0.1, 0.15) is 0 Å². The molecule has 2 rings (SSSR count). The number of carbonyl (C=O) groups is 2. The van der Waals surface area contributed by atoms with Gasteiger partial charge in [0.25, 0.3) is 20.2 Å². The van der Waals surface area contributed by atoms with Crippen molar-refractivity contribution in [2.24, 2.45) is 10.2 Å². The van der Waals surface area contributed by atoms with Gasteiger partial charge in [0.15, 0.2) is 0 Å². The van der Waals surface area contributed by atoms with Crippen LogP contribution in [0.15, 0.2) is 56.4 Å². The molecule has 0 aliphatic carbocycles. The van der Waals surface area contributed by atoms with Gasteiger partial charge in [0.05, 0.1) is 0 Å². The van der Waals surface area contributed by atoms with Crippen molar-refractivity contribution in [1.29, 1.82) is 0 Å². The lowest BCUT2D eigenvalue weighted by Gasteiger charge is -2.08. The fourth-order valence-electron chi connectivity index (χ4n) is 2.26. The monoisotopic (exact) mass is 524 g/mol. The molecule has 0 aromatic heterocycles. The molecule has 0 aliphatic rings. The van der Waals surface area contributed by atoms with Gasteiger partial charge in [0.1, 0.15) is 32.9 Å². The predicted octanol–water partition coefficient (Wildman–Crippen LogP) is 2.95. The Morgan fingerprint density at radius 2 is 1.09 bits per heavy atom. The number of anilines is 2. The van der Waals surface area contributed by atoms with Crippen LogP contribution in [0.4, 0.5) is 22.7 Å². The number of nitrogens with zero attached hydrogens (tertiary/aromatic N) is 2. The molecule has 0 radical (unpaired) electrons. The van der Waals surface area contributed by atoms with Crippen molar-refractivity contribution < 1.29 is 35.5 Å². The average Bonchev–Trinajstić information content (AvgIpc) is 2.71. The van der Waals surface area contributed by atoms with E-state index < -0.39 is 65.0 Å². The van der Waals surface area contributed by atoms with Crippen LogP contribution in [0, 0.1) is 0 Å². The molecule has 16 heteroatoms. The summed E-state index contributed by atoms with van der Waals surface area (Å²) in [6.45, 7) is 0. The zero-order valence-corrected chi connectivity index (χ0v) is 18.8. The minimum absolute atomic E-state index is 0.0137. The topological polar surface area (TPSA) is 192 Å². The van der Waals surface area contributed by atoms with Crippen LogP contribution in [0.5, 0.6) is 0 Å². The van der Waals surface area contributed by atoms with Crippen molar-refractivity contribution in [3.8, 4) is 0 Å². The maximum Gasteiger partial charge on any atom is 0.296 e. The number of rotatable bonds is 8. The summed E-state index contributed by atoms with van der Waals surface area (Å²) in [6, 6.07) is 6.42. The quantitative estimate of drug-likeness (QED) is 0.230. The molecular weight excluding hydrogens is 511 g/mol. The van der Waals surface area contributed by atoms with Crippen LogP contribution >= 0.6 is 23.2 Å². The van der Waals surface area contributed by atoms with Crippen molar-refractivity contribution in [3.63, 3.8) is 0 Å². The molecular formula is C16H14Cl2N4O8S2. The fraction of sp³-hybridized carbons (Fsp3) is 0.125. The van der Waals surface area contributed by atoms with E-state index in [1.165, 1.54) is 12.1 Å². The second-order valence-corrected chi connectivity index (χ2v) is 9.19. The third-order valence-corrected chi connectivity index (χ3v) is 5.80. The molecule has 32 heavy (non-hydrogen) atoms. The minimum atomic E-state index is -4.83. The first-order chi connectivity index (χ1) is 14.8. The SMILES string of the molecule is O=C(CCl)Nc1ccc(N=Nc2ccc(NC(=O)CCl)cc2S(=O)(=O)O)c(S(=O)(=O)O)c1. The first-order valence-corrected chi connectivity index (χ1v) is 12.2. The molecule has 0 spiro atoms. The first-order valence-electron chi connectivity index (χ1n) is 8.21. The molecule has 0 heterocycles. The summed E-state index contributed by atoms with van der Waals surface area (Å²) < 4.78 is 65.7. The van der Waals surface area contributed by atoms with Crippen molar-refractivity contribution in [2.45, 2.75) is 9.79 Å². The molecule has 0 fully saturated rings. The summed E-state index contributed by atoms with van der Waals surface area (Å²) in [6.07, 6.45) is 0. The molecule has 4 N–H and O–H groups in total. The van der Waals surface area contributed by atoms with Crippen LogP contribution in [-0.4, -0.2) is 49.5 Å². The van der Waals surface area contributed by atoms with E-state index in [4.69, 9.17) is 23.2 Å². The number of carbonyl (C=O) groups excluding carboxylic acids is 2. The Labute approximate surface area is 192 Å². The van der Waals surface area contributed by atoms with Gasteiger partial charge in [-0.2, -0.15) is 16.8 Å². The maximum absolute atomic E-state index is 11.7. The Kier molecular flexibility index (Phi) is 8.28. The highest BCUT2D eigenvalue weighted by Crippen LogP contribution is 2.32. The third-order valence-electron chi connectivity index (χ3n) is 3.55. The number of halogens is 2. The number of hydrogen-bond donors (Lipinski definition) is 4. The van der Waals surface area contributed by atoms with Crippen molar-refractivity contribution >= 4 is 78.0 Å². The standard InChI is InChI=1S/C16H14Cl2N4O8S2/c17-7-15(23)19-9-1-3-11(13(5-9)31(25,26)27)21-22-12-4-2-10(20-16(24)8-18)6-14(12)32(28,29)30/h1-6H,7-8H2,(H,19,23)(H,20,24)(H,25,26,27)(H,28,29,30). The maximum atomic E-state index is 11.7. The van der Waals surface area contributed by atoms with Crippen LogP contribution in [-0.2, 0) is 29.8 Å². The molecule has 0 aliphatic heterocycles. The number of alkyl halides is 2. The smallest absolute Gasteiger partial charge is 0.296 e. The van der Waals surface area contributed by atoms with E-state index in [0.717, 1.165) is 24.3 Å². The molecule has 2 aromatic rings. The molecule has 2 amide bonds. The van der Waals surface area contributed by atoms with Crippen LogP contribution < -0.4 is 10.6 Å². The number of hydrogen-bond acceptors (Lipinski definition) is 8. The molecule has 0 saturated carbocycles. The third kappa shape index (κ3) is 6.94. The van der Waals surface area contributed by atoms with Crippen molar-refractivity contribution in [3.05, 3.63) is 36.4 Å². The summed E-state index contributed by atoms with van der Waals surface area (Å²) in [5.74, 6) is -2.08. The van der Waals surface area contributed by atoms with E-state index in [-0.39, 0.29) is 11.4 Å². The summed E-state index contributed by atoms with van der Waals surface area (Å²) >= 11 is 10.7. The largest absolute Gasteiger partial charge is 0.325 e. The lowest BCUT2D eigenvalue weighted by Crippen LogP contribution is -2.13. The highest BCUT2D eigenvalue weighted by Gasteiger charge is 2.20. The fourth-order valence-corrected chi connectivity index (χ4v) is 3.69. The van der Waals surface area contributed by atoms with Crippen LogP contribution in [0.2, 0.25) is 0 Å². The summed E-state index contributed by atoms with van der Waals surface area (Å²) in [5, 5.41) is 11.8. The molecule has 2 aromatic carbocycles. The van der Waals surface area contributed by atoms with E-state index in [9.17, 15) is 35.5 Å². The molecule has 0 saturated heterocycles. The van der Waals surface area contributed by atoms with E-state index >= 15 is 0 Å². The van der Waals surface area contributed by atoms with Gasteiger partial charge in [-0.3, -0.25) is 18.7 Å². The lowest BCUT2D eigenvalue weighted by atomic mass is 10.2. The van der Waals surface area contributed by atoms with E-state index in [1.54, 1.807) is 0 Å². The normalized spacial score (nSPS) is 12.0. The Bertz CT molecular complexity index is 1200. The van der Waals surface area contributed by atoms with Gasteiger partial charge in [0, 0.05) is 11.4 Å². The number of azo groups is 1. The molecule has 0 bridgehead atoms. The second-order valence-electron chi connectivity index (χ2n) is 5.88. The predicted molar refractivity (Wildman–Crippen MR) is 115 cm³/mol. The van der Waals surface area contributed by atoms with Crippen LogP contribution in [0.25, 0.3) is 0 Å². The number of nitrogens with one attached hydrogen (secondary N) is 2. The van der Waals surface area contributed by atoms with E-state index in [2.05, 4.69) is 20.9 Å². The number of benzene rings is 2. The van der Waals surface area contributed by atoms with Gasteiger partial charge in [-0.15, -0.1) is 33.4 Å². The van der Waals surface area contributed by atoms with Gasteiger partial charge in [-0.1, -0.05) is 0 Å². The van der Waals surface area contributed by atoms with Crippen molar-refractivity contribution in [1.82, 2.24) is 0 Å². The molecule has 172 valence electrons. The Hall–Kier alpha value is -2.62. The van der Waals surface area contributed by atoms with Gasteiger partial charge in [-0.25, -0.2) is 0 Å². The summed E-state index contributed by atoms with van der Waals surface area (Å²) in [5.41, 5.74) is -0.838. The van der Waals surface area contributed by atoms with Gasteiger partial charge in [0.2, 0.25) is 11.8 Å². The molecule has 12 nitrogen and oxygen atoms in total. The zero-order chi connectivity index (χ0) is 24.1. The summed E-state index contributed by atoms with van der Waals surface area (Å²) in [4.78, 5) is 21.3. The van der Waals surface area contributed by atoms with Gasteiger partial charge in [-0.05, 0) is 36.4 Å². The first kappa shape index (κ1) is 25.6. The Morgan fingerprint density at radius 1 is 0.750 bits per heavy atom. The highest BCUT2D eigenvalue weighted by molar-refractivity contribution is 7.86.